The van der Waals surface area contributed by atoms with Crippen LogP contribution in [-0.4, -0.2) is 38.4 Å². The van der Waals surface area contributed by atoms with Gasteiger partial charge in [0.1, 0.15) is 28.0 Å². The standard InChI is InChI=1S/C20H19N3O4S/c1-25-15-6-4-14(5-7-15)20-22-18(12-28-20)19(24)23-21-11-13-8-16(26-2)10-17(9-13)27-3/h4-12H,1-3H3,(H,23,24)/b21-11+. The Hall–Kier alpha value is -3.39. The number of hydrazone groups is 1. The van der Waals surface area contributed by atoms with Crippen molar-refractivity contribution in [3.8, 4) is 27.8 Å². The van der Waals surface area contributed by atoms with Gasteiger partial charge < -0.3 is 14.2 Å². The van der Waals surface area contributed by atoms with E-state index in [2.05, 4.69) is 15.5 Å². The molecule has 0 bridgehead atoms. The Labute approximate surface area is 166 Å². The lowest BCUT2D eigenvalue weighted by atomic mass is 10.2. The van der Waals surface area contributed by atoms with E-state index in [0.717, 1.165) is 21.9 Å². The molecule has 7 nitrogen and oxygen atoms in total. The molecule has 0 aliphatic carbocycles. The topological polar surface area (TPSA) is 82.0 Å². The number of nitrogens with zero attached hydrogens (tertiary/aromatic N) is 2. The van der Waals surface area contributed by atoms with E-state index in [1.165, 1.54) is 17.6 Å². The highest BCUT2D eigenvalue weighted by atomic mass is 32.1. The SMILES string of the molecule is COc1ccc(-c2nc(C(=O)N/N=C/c3cc(OC)cc(OC)c3)cs2)cc1. The van der Waals surface area contributed by atoms with E-state index in [4.69, 9.17) is 14.2 Å². The number of benzene rings is 2. The van der Waals surface area contributed by atoms with Gasteiger partial charge in [0.15, 0.2) is 0 Å². The molecule has 144 valence electrons. The van der Waals surface area contributed by atoms with Crippen LogP contribution in [0.3, 0.4) is 0 Å². The highest BCUT2D eigenvalue weighted by Crippen LogP contribution is 2.25. The van der Waals surface area contributed by atoms with Gasteiger partial charge in [0.2, 0.25) is 0 Å². The number of carbonyl (C=O) groups is 1. The van der Waals surface area contributed by atoms with Crippen molar-refractivity contribution in [2.75, 3.05) is 21.3 Å². The predicted molar refractivity (Wildman–Crippen MR) is 109 cm³/mol. The van der Waals surface area contributed by atoms with Crippen LogP contribution in [0.1, 0.15) is 16.1 Å². The highest BCUT2D eigenvalue weighted by molar-refractivity contribution is 7.13. The van der Waals surface area contributed by atoms with Crippen LogP contribution in [0, 0.1) is 0 Å². The molecule has 28 heavy (non-hydrogen) atoms. The molecule has 0 saturated carbocycles. The minimum absolute atomic E-state index is 0.302. The summed E-state index contributed by atoms with van der Waals surface area (Å²) in [5.74, 6) is 1.65. The second-order valence-electron chi connectivity index (χ2n) is 5.61. The Bertz CT molecular complexity index is 961. The molecule has 3 rings (SSSR count). The lowest BCUT2D eigenvalue weighted by Crippen LogP contribution is -2.17. The number of aromatic nitrogens is 1. The molecule has 1 N–H and O–H groups in total. The monoisotopic (exact) mass is 397 g/mol. The van der Waals surface area contributed by atoms with Crippen LogP contribution in [0.15, 0.2) is 52.9 Å². The molecule has 1 amide bonds. The van der Waals surface area contributed by atoms with Crippen LogP contribution in [-0.2, 0) is 0 Å². The van der Waals surface area contributed by atoms with Gasteiger partial charge in [-0.15, -0.1) is 11.3 Å². The summed E-state index contributed by atoms with van der Waals surface area (Å²) in [7, 11) is 4.75. The van der Waals surface area contributed by atoms with Crippen molar-refractivity contribution >= 4 is 23.5 Å². The van der Waals surface area contributed by atoms with E-state index in [-0.39, 0.29) is 5.91 Å². The van der Waals surface area contributed by atoms with Crippen LogP contribution in [0.25, 0.3) is 10.6 Å². The number of amides is 1. The number of hydrogen-bond acceptors (Lipinski definition) is 7. The summed E-state index contributed by atoms with van der Waals surface area (Å²) in [6.45, 7) is 0. The molecule has 0 spiro atoms. The minimum Gasteiger partial charge on any atom is -0.497 e. The Balaban J connectivity index is 1.67. The molecule has 0 unspecified atom stereocenters. The van der Waals surface area contributed by atoms with E-state index in [1.807, 2.05) is 24.3 Å². The zero-order chi connectivity index (χ0) is 19.9. The van der Waals surface area contributed by atoms with Crippen LogP contribution in [0.2, 0.25) is 0 Å². The predicted octanol–water partition coefficient (Wildman–Crippen LogP) is 3.60. The Morgan fingerprint density at radius 3 is 2.25 bits per heavy atom. The van der Waals surface area contributed by atoms with Crippen molar-refractivity contribution in [2.24, 2.45) is 5.10 Å². The fraction of sp³-hybridized carbons (Fsp3) is 0.150. The number of ether oxygens (including phenoxy) is 3. The smallest absolute Gasteiger partial charge is 0.290 e. The summed E-state index contributed by atoms with van der Waals surface area (Å²) in [6.07, 6.45) is 1.51. The molecule has 0 saturated heterocycles. The van der Waals surface area contributed by atoms with Crippen molar-refractivity contribution in [1.29, 1.82) is 0 Å². The van der Waals surface area contributed by atoms with E-state index in [9.17, 15) is 4.79 Å². The first-order chi connectivity index (χ1) is 13.6. The van der Waals surface area contributed by atoms with Crippen LogP contribution < -0.4 is 19.6 Å². The van der Waals surface area contributed by atoms with Gasteiger partial charge in [0.05, 0.1) is 27.5 Å². The molecule has 0 aliphatic heterocycles. The molecule has 8 heteroatoms. The minimum atomic E-state index is -0.387. The third kappa shape index (κ3) is 4.66. The zero-order valence-electron chi connectivity index (χ0n) is 15.6. The Morgan fingerprint density at radius 1 is 1.00 bits per heavy atom. The van der Waals surface area contributed by atoms with Gasteiger partial charge in [0.25, 0.3) is 5.91 Å². The van der Waals surface area contributed by atoms with Crippen molar-refractivity contribution < 1.29 is 19.0 Å². The summed E-state index contributed by atoms with van der Waals surface area (Å²) < 4.78 is 15.6. The molecular formula is C20H19N3O4S. The second-order valence-corrected chi connectivity index (χ2v) is 6.47. The fourth-order valence-corrected chi connectivity index (χ4v) is 3.18. The van der Waals surface area contributed by atoms with Crippen molar-refractivity contribution in [1.82, 2.24) is 10.4 Å². The van der Waals surface area contributed by atoms with E-state index in [1.54, 1.807) is 44.9 Å². The number of rotatable bonds is 7. The lowest BCUT2D eigenvalue weighted by Gasteiger charge is -2.05. The molecule has 3 aromatic rings. The summed E-state index contributed by atoms with van der Waals surface area (Å²) in [5.41, 5.74) is 4.42. The summed E-state index contributed by atoms with van der Waals surface area (Å²) in [5, 5.41) is 6.42. The van der Waals surface area contributed by atoms with Gasteiger partial charge in [-0.3, -0.25) is 4.79 Å². The molecule has 0 fully saturated rings. The second kappa shape index (κ2) is 9.01. The number of hydrogen-bond donors (Lipinski definition) is 1. The molecule has 2 aromatic carbocycles. The van der Waals surface area contributed by atoms with Gasteiger partial charge in [-0.05, 0) is 36.4 Å². The van der Waals surface area contributed by atoms with Crippen LogP contribution in [0.5, 0.6) is 17.2 Å². The molecular weight excluding hydrogens is 378 g/mol. The van der Waals surface area contributed by atoms with Gasteiger partial charge in [-0.2, -0.15) is 5.10 Å². The highest BCUT2D eigenvalue weighted by Gasteiger charge is 2.11. The Kier molecular flexibility index (Phi) is 6.23. The molecule has 0 radical (unpaired) electrons. The third-order valence-corrected chi connectivity index (χ3v) is 4.72. The number of carbonyl (C=O) groups excluding carboxylic acids is 1. The van der Waals surface area contributed by atoms with Crippen LogP contribution >= 0.6 is 11.3 Å². The molecule has 0 atom stereocenters. The summed E-state index contributed by atoms with van der Waals surface area (Å²) >= 11 is 1.39. The van der Waals surface area contributed by atoms with Crippen molar-refractivity contribution in [3.63, 3.8) is 0 Å². The first-order valence-corrected chi connectivity index (χ1v) is 9.17. The zero-order valence-corrected chi connectivity index (χ0v) is 16.4. The largest absolute Gasteiger partial charge is 0.497 e. The summed E-state index contributed by atoms with van der Waals surface area (Å²) in [4.78, 5) is 16.6. The lowest BCUT2D eigenvalue weighted by molar-refractivity contribution is 0.0951. The normalized spacial score (nSPS) is 10.7. The first-order valence-electron chi connectivity index (χ1n) is 8.29. The average molecular weight is 397 g/mol. The molecule has 0 aliphatic rings. The number of nitrogens with one attached hydrogen (secondary N) is 1. The van der Waals surface area contributed by atoms with Gasteiger partial charge >= 0.3 is 0 Å². The van der Waals surface area contributed by atoms with E-state index >= 15 is 0 Å². The molecule has 1 heterocycles. The van der Waals surface area contributed by atoms with E-state index in [0.29, 0.717) is 17.2 Å². The van der Waals surface area contributed by atoms with Crippen molar-refractivity contribution in [2.45, 2.75) is 0 Å². The molecule has 1 aromatic heterocycles. The average Bonchev–Trinajstić information content (AvgIpc) is 3.24. The van der Waals surface area contributed by atoms with Crippen molar-refractivity contribution in [3.05, 3.63) is 59.1 Å². The van der Waals surface area contributed by atoms with Gasteiger partial charge in [-0.25, -0.2) is 10.4 Å². The maximum atomic E-state index is 12.3. The quantitative estimate of drug-likeness (QED) is 0.487. The summed E-state index contributed by atoms with van der Waals surface area (Å²) in [6, 6.07) is 12.8. The maximum Gasteiger partial charge on any atom is 0.290 e. The number of thiazole rings is 1. The van der Waals surface area contributed by atoms with Gasteiger partial charge in [-0.1, -0.05) is 0 Å². The number of methoxy groups -OCH3 is 3. The fourth-order valence-electron chi connectivity index (χ4n) is 2.37. The third-order valence-electron chi connectivity index (χ3n) is 3.83. The maximum absolute atomic E-state index is 12.3. The van der Waals surface area contributed by atoms with Crippen LogP contribution in [0.4, 0.5) is 0 Å². The Morgan fingerprint density at radius 2 is 1.64 bits per heavy atom. The van der Waals surface area contributed by atoms with E-state index < -0.39 is 0 Å². The van der Waals surface area contributed by atoms with Gasteiger partial charge in [0, 0.05) is 22.6 Å². The first kappa shape index (κ1) is 19.4.